The molecule has 2 N–H and O–H groups in total. The van der Waals surface area contributed by atoms with Gasteiger partial charge in [-0.05, 0) is 25.2 Å². The third kappa shape index (κ3) is 3.47. The Kier molecular flexibility index (Phi) is 4.71. The Morgan fingerprint density at radius 3 is 2.81 bits per heavy atom. The highest BCUT2D eigenvalue weighted by atomic mass is 35.5. The number of hydrogen-bond acceptors (Lipinski definition) is 2. The van der Waals surface area contributed by atoms with E-state index in [9.17, 15) is 9.18 Å². The number of halogens is 2. The Bertz CT molecular complexity index is 384. The number of amides is 1. The first-order valence-corrected chi connectivity index (χ1v) is 5.33. The number of hydrogen-bond donors (Lipinski definition) is 2. The zero-order valence-electron chi connectivity index (χ0n) is 9.18. The molecule has 0 aliphatic heterocycles. The van der Waals surface area contributed by atoms with Crippen LogP contribution in [0.15, 0.2) is 18.2 Å². The van der Waals surface area contributed by atoms with Crippen LogP contribution in [-0.2, 0) is 4.79 Å². The maximum atomic E-state index is 12.8. The Hall–Kier alpha value is -1.13. The highest BCUT2D eigenvalue weighted by Gasteiger charge is 2.13. The van der Waals surface area contributed by atoms with Crippen molar-refractivity contribution in [1.82, 2.24) is 5.32 Å². The highest BCUT2D eigenvalue weighted by Crippen LogP contribution is 2.22. The molecule has 1 rings (SSSR count). The lowest BCUT2D eigenvalue weighted by molar-refractivity contribution is -0.119. The van der Waals surface area contributed by atoms with E-state index < -0.39 is 5.82 Å². The summed E-state index contributed by atoms with van der Waals surface area (Å²) in [4.78, 5) is 11.6. The van der Waals surface area contributed by atoms with Crippen molar-refractivity contribution >= 4 is 23.2 Å². The van der Waals surface area contributed by atoms with E-state index in [4.69, 9.17) is 11.6 Å². The van der Waals surface area contributed by atoms with E-state index in [0.29, 0.717) is 12.2 Å². The van der Waals surface area contributed by atoms with E-state index in [1.165, 1.54) is 18.2 Å². The van der Waals surface area contributed by atoms with Crippen molar-refractivity contribution in [2.75, 3.05) is 18.9 Å². The molecule has 0 saturated carbocycles. The molecule has 3 nitrogen and oxygen atoms in total. The summed E-state index contributed by atoms with van der Waals surface area (Å²) < 4.78 is 12.8. The smallest absolute Gasteiger partial charge is 0.228 e. The lowest BCUT2D eigenvalue weighted by Crippen LogP contribution is -2.28. The minimum absolute atomic E-state index is 0.150. The fourth-order valence-corrected chi connectivity index (χ4v) is 1.46. The maximum absolute atomic E-state index is 12.8. The minimum Gasteiger partial charge on any atom is -0.324 e. The van der Waals surface area contributed by atoms with Crippen molar-refractivity contribution in [1.29, 1.82) is 0 Å². The molecule has 1 unspecified atom stereocenters. The van der Waals surface area contributed by atoms with E-state index in [-0.39, 0.29) is 16.8 Å². The lowest BCUT2D eigenvalue weighted by atomic mass is 10.1. The minimum atomic E-state index is -0.425. The maximum Gasteiger partial charge on any atom is 0.228 e. The van der Waals surface area contributed by atoms with E-state index >= 15 is 0 Å². The van der Waals surface area contributed by atoms with Crippen molar-refractivity contribution in [3.05, 3.63) is 29.0 Å². The van der Waals surface area contributed by atoms with Crippen LogP contribution in [0.4, 0.5) is 10.1 Å². The number of benzene rings is 1. The predicted molar refractivity (Wildman–Crippen MR) is 63.1 cm³/mol. The average Bonchev–Trinajstić information content (AvgIpc) is 2.22. The Morgan fingerprint density at radius 1 is 1.56 bits per heavy atom. The largest absolute Gasteiger partial charge is 0.324 e. The van der Waals surface area contributed by atoms with Gasteiger partial charge in [0.2, 0.25) is 5.91 Å². The summed E-state index contributed by atoms with van der Waals surface area (Å²) in [5.74, 6) is -0.750. The van der Waals surface area contributed by atoms with Gasteiger partial charge < -0.3 is 10.6 Å². The summed E-state index contributed by atoms with van der Waals surface area (Å²) in [7, 11) is 1.77. The molecular formula is C11H14ClFN2O. The second-order valence-corrected chi connectivity index (χ2v) is 3.98. The molecule has 0 radical (unpaired) electrons. The van der Waals surface area contributed by atoms with Crippen LogP contribution in [0.2, 0.25) is 5.02 Å². The van der Waals surface area contributed by atoms with Gasteiger partial charge in [0.1, 0.15) is 5.82 Å². The van der Waals surface area contributed by atoms with Gasteiger partial charge in [-0.2, -0.15) is 0 Å². The normalized spacial score (nSPS) is 12.2. The standard InChI is InChI=1S/C11H14ClFN2O/c1-7(6-14-2)11(16)15-10-4-3-8(13)5-9(10)12/h3-5,7,14H,6H2,1-2H3,(H,15,16). The van der Waals surface area contributed by atoms with Crippen molar-refractivity contribution in [2.24, 2.45) is 5.92 Å². The molecule has 5 heteroatoms. The molecule has 0 fully saturated rings. The molecule has 0 bridgehead atoms. The van der Waals surface area contributed by atoms with Gasteiger partial charge in [0, 0.05) is 12.5 Å². The van der Waals surface area contributed by atoms with Crippen LogP contribution in [0.25, 0.3) is 0 Å². The van der Waals surface area contributed by atoms with Crippen molar-refractivity contribution < 1.29 is 9.18 Å². The van der Waals surface area contributed by atoms with Gasteiger partial charge in [-0.25, -0.2) is 4.39 Å². The van der Waals surface area contributed by atoms with Gasteiger partial charge in [-0.15, -0.1) is 0 Å². The van der Waals surface area contributed by atoms with Crippen LogP contribution in [0.1, 0.15) is 6.92 Å². The zero-order chi connectivity index (χ0) is 12.1. The van der Waals surface area contributed by atoms with Crippen molar-refractivity contribution in [3.63, 3.8) is 0 Å². The van der Waals surface area contributed by atoms with Crippen LogP contribution in [0.3, 0.4) is 0 Å². The van der Waals surface area contributed by atoms with E-state index in [1.807, 2.05) is 0 Å². The Labute approximate surface area is 99.0 Å². The summed E-state index contributed by atoms with van der Waals surface area (Å²) in [6.07, 6.45) is 0. The molecule has 1 atom stereocenters. The number of carbonyl (C=O) groups excluding carboxylic acids is 1. The van der Waals surface area contributed by atoms with E-state index in [1.54, 1.807) is 14.0 Å². The first-order chi connectivity index (χ1) is 7.54. The van der Waals surface area contributed by atoms with Gasteiger partial charge in [0.25, 0.3) is 0 Å². The molecule has 1 aromatic carbocycles. The molecular weight excluding hydrogens is 231 g/mol. The van der Waals surface area contributed by atoms with Crippen LogP contribution in [-0.4, -0.2) is 19.5 Å². The highest BCUT2D eigenvalue weighted by molar-refractivity contribution is 6.33. The van der Waals surface area contributed by atoms with Crippen molar-refractivity contribution in [3.8, 4) is 0 Å². The summed E-state index contributed by atoms with van der Waals surface area (Å²) in [6.45, 7) is 2.37. The molecule has 1 amide bonds. The first-order valence-electron chi connectivity index (χ1n) is 4.95. The zero-order valence-corrected chi connectivity index (χ0v) is 9.94. The molecule has 0 aromatic heterocycles. The number of carbonyl (C=O) groups is 1. The van der Waals surface area contributed by atoms with Gasteiger partial charge in [-0.3, -0.25) is 4.79 Å². The molecule has 0 aliphatic carbocycles. The van der Waals surface area contributed by atoms with Crippen LogP contribution >= 0.6 is 11.6 Å². The third-order valence-electron chi connectivity index (χ3n) is 2.15. The quantitative estimate of drug-likeness (QED) is 0.853. The topological polar surface area (TPSA) is 41.1 Å². The van der Waals surface area contributed by atoms with Gasteiger partial charge in [0.05, 0.1) is 10.7 Å². The van der Waals surface area contributed by atoms with Crippen LogP contribution in [0, 0.1) is 11.7 Å². The second-order valence-electron chi connectivity index (χ2n) is 3.57. The molecule has 1 aromatic rings. The molecule has 0 heterocycles. The molecule has 0 spiro atoms. The van der Waals surface area contributed by atoms with Crippen LogP contribution < -0.4 is 10.6 Å². The monoisotopic (exact) mass is 244 g/mol. The summed E-state index contributed by atoms with van der Waals surface area (Å²) in [5, 5.41) is 5.75. The molecule has 0 saturated heterocycles. The Balaban J connectivity index is 2.69. The Morgan fingerprint density at radius 2 is 2.25 bits per heavy atom. The van der Waals surface area contributed by atoms with Crippen molar-refractivity contribution in [2.45, 2.75) is 6.92 Å². The fraction of sp³-hybridized carbons (Fsp3) is 0.364. The number of anilines is 1. The summed E-state index contributed by atoms with van der Waals surface area (Å²) in [5.41, 5.74) is 0.427. The van der Waals surface area contributed by atoms with E-state index in [0.717, 1.165) is 0 Å². The van der Waals surface area contributed by atoms with E-state index in [2.05, 4.69) is 10.6 Å². The van der Waals surface area contributed by atoms with Gasteiger partial charge in [-0.1, -0.05) is 18.5 Å². The average molecular weight is 245 g/mol. The SMILES string of the molecule is CNCC(C)C(=O)Nc1ccc(F)cc1Cl. The van der Waals surface area contributed by atoms with Gasteiger partial charge in [0.15, 0.2) is 0 Å². The molecule has 88 valence electrons. The molecule has 0 aliphatic rings. The predicted octanol–water partition coefficient (Wildman–Crippen LogP) is 2.27. The van der Waals surface area contributed by atoms with Crippen LogP contribution in [0.5, 0.6) is 0 Å². The van der Waals surface area contributed by atoms with Gasteiger partial charge >= 0.3 is 0 Å². The number of nitrogens with one attached hydrogen (secondary N) is 2. The fourth-order valence-electron chi connectivity index (χ4n) is 1.25. The summed E-state index contributed by atoms with van der Waals surface area (Å²) >= 11 is 5.79. The summed E-state index contributed by atoms with van der Waals surface area (Å²) in [6, 6.07) is 3.87. The number of rotatable bonds is 4. The first kappa shape index (κ1) is 12.9. The lowest BCUT2D eigenvalue weighted by Gasteiger charge is -2.12. The second kappa shape index (κ2) is 5.82. The molecule has 16 heavy (non-hydrogen) atoms. The third-order valence-corrected chi connectivity index (χ3v) is 2.46.